The van der Waals surface area contributed by atoms with Crippen LogP contribution in [0.5, 0.6) is 0 Å². The number of hydrogen-bond acceptors (Lipinski definition) is 2. The molecule has 13 heavy (non-hydrogen) atoms. The maximum Gasteiger partial charge on any atom is 0.441 e. The Balaban J connectivity index is 3.49. The van der Waals surface area contributed by atoms with Gasteiger partial charge in [-0.15, -0.1) is 0 Å². The molecule has 0 rings (SSSR count). The Morgan fingerprint density at radius 1 is 1.38 bits per heavy atom. The molecule has 0 bridgehead atoms. The van der Waals surface area contributed by atoms with Crippen LogP contribution in [0.3, 0.4) is 0 Å². The summed E-state index contributed by atoms with van der Waals surface area (Å²) in [7, 11) is 1.82. The fraction of sp³-hybridized carbons (Fsp3) is 1.00. The number of rotatable bonds is 6. The number of alkyl halides is 3. The molecule has 0 amide bonds. The molecule has 0 aliphatic carbocycles. The highest BCUT2D eigenvalue weighted by Gasteiger charge is 2.27. The zero-order chi connectivity index (χ0) is 10.3. The molecule has 0 aliphatic heterocycles. The molecule has 80 valence electrons. The van der Waals surface area contributed by atoms with Gasteiger partial charge in [0.2, 0.25) is 0 Å². The van der Waals surface area contributed by atoms with E-state index < -0.39 is 5.51 Å². The van der Waals surface area contributed by atoms with Crippen molar-refractivity contribution in [3.05, 3.63) is 0 Å². The van der Waals surface area contributed by atoms with E-state index in [0.717, 1.165) is 13.0 Å². The molecule has 0 aromatic carbocycles. The third-order valence-electron chi connectivity index (χ3n) is 1.86. The minimum atomic E-state index is -4.07. The fourth-order valence-corrected chi connectivity index (χ4v) is 1.76. The van der Waals surface area contributed by atoms with E-state index >= 15 is 0 Å². The minimum Gasteiger partial charge on any atom is -0.319 e. The van der Waals surface area contributed by atoms with Gasteiger partial charge in [0.15, 0.2) is 0 Å². The molecule has 0 saturated heterocycles. The first kappa shape index (κ1) is 13.1. The first-order chi connectivity index (χ1) is 5.99. The molecule has 0 fully saturated rings. The molecule has 0 heterocycles. The van der Waals surface area contributed by atoms with E-state index in [4.69, 9.17) is 0 Å². The van der Waals surface area contributed by atoms with Gasteiger partial charge >= 0.3 is 5.51 Å². The van der Waals surface area contributed by atoms with Crippen molar-refractivity contribution in [3.8, 4) is 0 Å². The molecular weight excluding hydrogens is 199 g/mol. The van der Waals surface area contributed by atoms with Crippen molar-refractivity contribution in [2.75, 3.05) is 19.3 Å². The van der Waals surface area contributed by atoms with Gasteiger partial charge in [-0.05, 0) is 25.9 Å². The Morgan fingerprint density at radius 2 is 2.00 bits per heavy atom. The lowest BCUT2D eigenvalue weighted by Gasteiger charge is -2.14. The van der Waals surface area contributed by atoms with E-state index in [1.807, 2.05) is 14.0 Å². The largest absolute Gasteiger partial charge is 0.441 e. The first-order valence-corrected chi connectivity index (χ1v) is 5.33. The highest BCUT2D eigenvalue weighted by Crippen LogP contribution is 2.31. The van der Waals surface area contributed by atoms with Crippen molar-refractivity contribution < 1.29 is 13.2 Å². The van der Waals surface area contributed by atoms with E-state index in [1.54, 1.807) is 0 Å². The van der Waals surface area contributed by atoms with Gasteiger partial charge in [0.05, 0.1) is 0 Å². The van der Waals surface area contributed by atoms with Crippen LogP contribution in [0, 0.1) is 5.92 Å². The monoisotopic (exact) mass is 215 g/mol. The molecule has 0 saturated carbocycles. The van der Waals surface area contributed by atoms with Gasteiger partial charge in [0.25, 0.3) is 0 Å². The molecular formula is C8H16F3NS. The third kappa shape index (κ3) is 8.43. The summed E-state index contributed by atoms with van der Waals surface area (Å²) in [5.41, 5.74) is -4.07. The summed E-state index contributed by atoms with van der Waals surface area (Å²) in [6.07, 6.45) is 1.56. The Hall–Kier alpha value is 0.1000. The van der Waals surface area contributed by atoms with Crippen LogP contribution < -0.4 is 5.32 Å². The average Bonchev–Trinajstić information content (AvgIpc) is 2.01. The fourth-order valence-electron chi connectivity index (χ4n) is 1.08. The van der Waals surface area contributed by atoms with Gasteiger partial charge < -0.3 is 5.32 Å². The molecule has 0 radical (unpaired) electrons. The maximum atomic E-state index is 11.7. The van der Waals surface area contributed by atoms with E-state index in [-0.39, 0.29) is 17.5 Å². The van der Waals surface area contributed by atoms with Crippen LogP contribution in [-0.2, 0) is 0 Å². The van der Waals surface area contributed by atoms with Gasteiger partial charge in [-0.3, -0.25) is 0 Å². The summed E-state index contributed by atoms with van der Waals surface area (Å²) in [5, 5.41) is 2.98. The van der Waals surface area contributed by atoms with Gasteiger partial charge in [0.1, 0.15) is 0 Å². The smallest absolute Gasteiger partial charge is 0.319 e. The van der Waals surface area contributed by atoms with Crippen molar-refractivity contribution in [2.45, 2.75) is 25.3 Å². The summed E-state index contributed by atoms with van der Waals surface area (Å²) < 4.78 is 35.2. The van der Waals surface area contributed by atoms with Crippen LogP contribution >= 0.6 is 11.8 Å². The lowest BCUT2D eigenvalue weighted by Crippen LogP contribution is -2.19. The van der Waals surface area contributed by atoms with Crippen LogP contribution in [-0.4, -0.2) is 24.9 Å². The second kappa shape index (κ2) is 6.54. The highest BCUT2D eigenvalue weighted by molar-refractivity contribution is 8.00. The summed E-state index contributed by atoms with van der Waals surface area (Å²) in [5.74, 6) is 0.531. The van der Waals surface area contributed by atoms with Gasteiger partial charge in [-0.25, -0.2) is 0 Å². The quantitative estimate of drug-likeness (QED) is 0.731. The Kier molecular flexibility index (Phi) is 6.59. The van der Waals surface area contributed by atoms with Crippen LogP contribution in [0.1, 0.15) is 19.8 Å². The molecule has 0 aliphatic rings. The standard InChI is InChI=1S/C8H16F3NS/c1-3-7(6-12-2)4-5-13-8(9,10)11/h7,12H,3-6H2,1-2H3. The van der Waals surface area contributed by atoms with Crippen LogP contribution in [0.15, 0.2) is 0 Å². The molecule has 0 spiro atoms. The van der Waals surface area contributed by atoms with Crippen molar-refractivity contribution in [1.82, 2.24) is 5.32 Å². The molecule has 0 aromatic heterocycles. The third-order valence-corrected chi connectivity index (χ3v) is 2.63. The Bertz CT molecular complexity index is 127. The van der Waals surface area contributed by atoms with Crippen LogP contribution in [0.4, 0.5) is 13.2 Å². The van der Waals surface area contributed by atoms with Crippen LogP contribution in [0.25, 0.3) is 0 Å². The zero-order valence-electron chi connectivity index (χ0n) is 7.95. The number of thioether (sulfide) groups is 1. The second-order valence-electron chi connectivity index (χ2n) is 2.91. The lowest BCUT2D eigenvalue weighted by molar-refractivity contribution is -0.0328. The summed E-state index contributed by atoms with van der Waals surface area (Å²) in [6, 6.07) is 0. The van der Waals surface area contributed by atoms with Crippen molar-refractivity contribution in [2.24, 2.45) is 5.92 Å². The summed E-state index contributed by atoms with van der Waals surface area (Å²) in [6.45, 7) is 2.80. The van der Waals surface area contributed by atoms with Crippen LogP contribution in [0.2, 0.25) is 0 Å². The topological polar surface area (TPSA) is 12.0 Å². The molecule has 0 aromatic rings. The zero-order valence-corrected chi connectivity index (χ0v) is 8.76. The van der Waals surface area contributed by atoms with E-state index in [1.165, 1.54) is 0 Å². The van der Waals surface area contributed by atoms with E-state index in [9.17, 15) is 13.2 Å². The molecule has 5 heteroatoms. The van der Waals surface area contributed by atoms with Crippen molar-refractivity contribution in [3.63, 3.8) is 0 Å². The van der Waals surface area contributed by atoms with Gasteiger partial charge in [-0.2, -0.15) is 13.2 Å². The van der Waals surface area contributed by atoms with Crippen molar-refractivity contribution >= 4 is 11.8 Å². The number of halogens is 3. The summed E-state index contributed by atoms with van der Waals surface area (Å²) in [4.78, 5) is 0. The second-order valence-corrected chi connectivity index (χ2v) is 4.07. The predicted octanol–water partition coefficient (Wildman–Crippen LogP) is 2.88. The summed E-state index contributed by atoms with van der Waals surface area (Å²) >= 11 is 0.0753. The lowest BCUT2D eigenvalue weighted by atomic mass is 10.0. The van der Waals surface area contributed by atoms with Crippen molar-refractivity contribution in [1.29, 1.82) is 0 Å². The molecule has 1 nitrogen and oxygen atoms in total. The first-order valence-electron chi connectivity index (χ1n) is 4.35. The minimum absolute atomic E-state index is 0.0753. The Labute approximate surface area is 81.5 Å². The average molecular weight is 215 g/mol. The highest BCUT2D eigenvalue weighted by atomic mass is 32.2. The van der Waals surface area contributed by atoms with E-state index in [2.05, 4.69) is 5.32 Å². The van der Waals surface area contributed by atoms with Gasteiger partial charge in [0, 0.05) is 5.75 Å². The molecule has 1 atom stereocenters. The molecule has 1 N–H and O–H groups in total. The number of nitrogens with one attached hydrogen (secondary N) is 1. The van der Waals surface area contributed by atoms with Gasteiger partial charge in [-0.1, -0.05) is 25.1 Å². The number of hydrogen-bond donors (Lipinski definition) is 1. The molecule has 1 unspecified atom stereocenters. The SMILES string of the molecule is CCC(CCSC(F)(F)F)CNC. The normalized spacial score (nSPS) is 14.5. The predicted molar refractivity (Wildman–Crippen MR) is 50.8 cm³/mol. The Morgan fingerprint density at radius 3 is 2.38 bits per heavy atom. The maximum absolute atomic E-state index is 11.7. The van der Waals surface area contributed by atoms with E-state index in [0.29, 0.717) is 12.3 Å².